The first kappa shape index (κ1) is 14.8. The zero-order valence-corrected chi connectivity index (χ0v) is 12.6. The van der Waals surface area contributed by atoms with Crippen molar-refractivity contribution in [2.75, 3.05) is 13.7 Å². The van der Waals surface area contributed by atoms with E-state index in [1.807, 2.05) is 24.3 Å². The largest absolute Gasteiger partial charge is 0.497 e. The highest BCUT2D eigenvalue weighted by Gasteiger charge is 2.09. The molecule has 0 aromatic heterocycles. The van der Waals surface area contributed by atoms with Gasteiger partial charge in [0.15, 0.2) is 0 Å². The molecule has 0 aliphatic carbocycles. The summed E-state index contributed by atoms with van der Waals surface area (Å²) >= 11 is 3.31. The van der Waals surface area contributed by atoms with Crippen molar-refractivity contribution < 1.29 is 13.9 Å². The maximum atomic E-state index is 13.1. The van der Waals surface area contributed by atoms with Crippen LogP contribution < -0.4 is 15.2 Å². The van der Waals surface area contributed by atoms with Crippen LogP contribution in [0.25, 0.3) is 0 Å². The van der Waals surface area contributed by atoms with Gasteiger partial charge in [-0.1, -0.05) is 12.1 Å². The fourth-order valence-electron chi connectivity index (χ4n) is 1.71. The number of hydrogen-bond donors (Lipinski definition) is 1. The predicted molar refractivity (Wildman–Crippen MR) is 79.5 cm³/mol. The minimum absolute atomic E-state index is 0.258. The van der Waals surface area contributed by atoms with Crippen LogP contribution >= 0.6 is 15.9 Å². The fraction of sp³-hybridized carbons (Fsp3) is 0.200. The minimum atomic E-state index is -0.346. The van der Waals surface area contributed by atoms with Gasteiger partial charge in [-0.2, -0.15) is 0 Å². The molecule has 2 aromatic carbocycles. The Balaban J connectivity index is 2.00. The first-order chi connectivity index (χ1) is 9.60. The summed E-state index contributed by atoms with van der Waals surface area (Å²) in [7, 11) is 1.61. The second-order valence-electron chi connectivity index (χ2n) is 4.27. The van der Waals surface area contributed by atoms with E-state index in [9.17, 15) is 4.39 Å². The molecule has 0 heterocycles. The van der Waals surface area contributed by atoms with Crippen LogP contribution in [0, 0.1) is 5.82 Å². The van der Waals surface area contributed by atoms with Crippen molar-refractivity contribution in [1.29, 1.82) is 0 Å². The van der Waals surface area contributed by atoms with E-state index in [1.165, 1.54) is 12.1 Å². The maximum absolute atomic E-state index is 13.1. The third-order valence-corrected chi connectivity index (χ3v) is 3.51. The van der Waals surface area contributed by atoms with Crippen LogP contribution in [0.2, 0.25) is 0 Å². The molecular formula is C15H15BrFNO2. The van der Waals surface area contributed by atoms with Gasteiger partial charge in [-0.3, -0.25) is 0 Å². The van der Waals surface area contributed by atoms with E-state index in [1.54, 1.807) is 13.2 Å². The van der Waals surface area contributed by atoms with Gasteiger partial charge in [-0.05, 0) is 45.8 Å². The van der Waals surface area contributed by atoms with Crippen molar-refractivity contribution in [2.24, 2.45) is 5.73 Å². The Hall–Kier alpha value is -1.59. The van der Waals surface area contributed by atoms with E-state index in [2.05, 4.69) is 15.9 Å². The third-order valence-electron chi connectivity index (χ3n) is 2.86. The van der Waals surface area contributed by atoms with Crippen LogP contribution in [-0.4, -0.2) is 13.7 Å². The van der Waals surface area contributed by atoms with Crippen LogP contribution in [-0.2, 0) is 0 Å². The molecule has 2 N–H and O–H groups in total. The Morgan fingerprint density at radius 2 is 1.90 bits per heavy atom. The van der Waals surface area contributed by atoms with Crippen molar-refractivity contribution in [1.82, 2.24) is 0 Å². The molecule has 5 heteroatoms. The van der Waals surface area contributed by atoms with Crippen molar-refractivity contribution in [3.05, 3.63) is 58.3 Å². The average Bonchev–Trinajstić information content (AvgIpc) is 2.48. The minimum Gasteiger partial charge on any atom is -0.497 e. The van der Waals surface area contributed by atoms with E-state index in [0.717, 1.165) is 11.3 Å². The number of halogens is 2. The summed E-state index contributed by atoms with van der Waals surface area (Å²) in [6.45, 7) is 0.258. The topological polar surface area (TPSA) is 44.5 Å². The Morgan fingerprint density at radius 3 is 2.55 bits per heavy atom. The number of rotatable bonds is 5. The van der Waals surface area contributed by atoms with Gasteiger partial charge < -0.3 is 15.2 Å². The smallest absolute Gasteiger partial charge is 0.136 e. The van der Waals surface area contributed by atoms with Gasteiger partial charge in [0.25, 0.3) is 0 Å². The summed E-state index contributed by atoms with van der Waals surface area (Å²) in [6, 6.07) is 11.4. The van der Waals surface area contributed by atoms with Gasteiger partial charge in [-0.15, -0.1) is 0 Å². The molecular weight excluding hydrogens is 325 g/mol. The molecule has 0 amide bonds. The normalized spacial score (nSPS) is 12.0. The first-order valence-electron chi connectivity index (χ1n) is 6.07. The van der Waals surface area contributed by atoms with E-state index in [-0.39, 0.29) is 18.5 Å². The monoisotopic (exact) mass is 339 g/mol. The lowest BCUT2D eigenvalue weighted by molar-refractivity contribution is 0.287. The van der Waals surface area contributed by atoms with Crippen LogP contribution in [0.15, 0.2) is 46.9 Å². The maximum Gasteiger partial charge on any atom is 0.136 e. The summed E-state index contributed by atoms with van der Waals surface area (Å²) in [4.78, 5) is 0. The lowest BCUT2D eigenvalue weighted by Gasteiger charge is -2.15. The summed E-state index contributed by atoms with van der Waals surface area (Å²) in [5, 5.41) is 0. The van der Waals surface area contributed by atoms with Gasteiger partial charge in [0, 0.05) is 6.07 Å². The van der Waals surface area contributed by atoms with Gasteiger partial charge in [-0.25, -0.2) is 4.39 Å². The fourth-order valence-corrected chi connectivity index (χ4v) is 2.08. The van der Waals surface area contributed by atoms with E-state index >= 15 is 0 Å². The van der Waals surface area contributed by atoms with Gasteiger partial charge >= 0.3 is 0 Å². The van der Waals surface area contributed by atoms with Crippen molar-refractivity contribution in [3.8, 4) is 11.5 Å². The highest BCUT2D eigenvalue weighted by Crippen LogP contribution is 2.26. The molecule has 0 radical (unpaired) electrons. The second kappa shape index (κ2) is 6.72. The van der Waals surface area contributed by atoms with E-state index in [0.29, 0.717) is 10.2 Å². The molecule has 1 atom stereocenters. The summed E-state index contributed by atoms with van der Waals surface area (Å²) in [6.07, 6.45) is 0. The first-order valence-corrected chi connectivity index (χ1v) is 6.87. The summed E-state index contributed by atoms with van der Waals surface area (Å²) in [5.41, 5.74) is 6.98. The van der Waals surface area contributed by atoms with Crippen LogP contribution in [0.5, 0.6) is 11.5 Å². The van der Waals surface area contributed by atoms with Crippen molar-refractivity contribution >= 4 is 15.9 Å². The Bertz CT molecular complexity index is 575. The molecule has 0 unspecified atom stereocenters. The molecule has 0 saturated heterocycles. The van der Waals surface area contributed by atoms with Gasteiger partial charge in [0.1, 0.15) is 23.9 Å². The number of benzene rings is 2. The average molecular weight is 340 g/mol. The zero-order valence-electron chi connectivity index (χ0n) is 11.0. The second-order valence-corrected chi connectivity index (χ2v) is 5.12. The van der Waals surface area contributed by atoms with Crippen LogP contribution in [0.3, 0.4) is 0 Å². The molecule has 0 aliphatic heterocycles. The molecule has 0 saturated carbocycles. The number of methoxy groups -OCH3 is 1. The van der Waals surface area contributed by atoms with Crippen LogP contribution in [0.4, 0.5) is 4.39 Å². The lowest BCUT2D eigenvalue weighted by Crippen LogP contribution is -2.19. The quantitative estimate of drug-likeness (QED) is 0.903. The van der Waals surface area contributed by atoms with Gasteiger partial charge in [0.05, 0.1) is 17.6 Å². The summed E-state index contributed by atoms with van der Waals surface area (Å²) in [5.74, 6) is 0.866. The third kappa shape index (κ3) is 3.71. The van der Waals surface area contributed by atoms with Crippen molar-refractivity contribution in [2.45, 2.75) is 6.04 Å². The van der Waals surface area contributed by atoms with E-state index in [4.69, 9.17) is 15.2 Å². The SMILES string of the molecule is COc1ccc([C@@H](N)COc2cc(F)ccc2Br)cc1. The highest BCUT2D eigenvalue weighted by molar-refractivity contribution is 9.10. The number of nitrogens with two attached hydrogens (primary N) is 1. The van der Waals surface area contributed by atoms with Crippen molar-refractivity contribution in [3.63, 3.8) is 0 Å². The number of hydrogen-bond acceptors (Lipinski definition) is 3. The lowest BCUT2D eigenvalue weighted by atomic mass is 10.1. The molecule has 2 aromatic rings. The Kier molecular flexibility index (Phi) is 4.98. The summed E-state index contributed by atoms with van der Waals surface area (Å²) < 4.78 is 24.5. The highest BCUT2D eigenvalue weighted by atomic mass is 79.9. The standard InChI is InChI=1S/C15H15BrFNO2/c1-19-12-5-2-10(3-6-12)14(18)9-20-15-8-11(17)4-7-13(15)16/h2-8,14H,9,18H2,1H3/t14-/m0/s1. The zero-order chi connectivity index (χ0) is 14.5. The molecule has 0 aliphatic rings. The Labute approximate surface area is 125 Å². The molecule has 2 rings (SSSR count). The molecule has 0 bridgehead atoms. The van der Waals surface area contributed by atoms with Crippen LogP contribution in [0.1, 0.15) is 11.6 Å². The molecule has 0 spiro atoms. The Morgan fingerprint density at radius 1 is 1.20 bits per heavy atom. The predicted octanol–water partition coefficient (Wildman–Crippen LogP) is 3.68. The molecule has 3 nitrogen and oxygen atoms in total. The molecule has 20 heavy (non-hydrogen) atoms. The number of ether oxygens (including phenoxy) is 2. The molecule has 0 fully saturated rings. The van der Waals surface area contributed by atoms with E-state index < -0.39 is 0 Å². The molecule has 106 valence electrons. The van der Waals surface area contributed by atoms with Gasteiger partial charge in [0.2, 0.25) is 0 Å².